The van der Waals surface area contributed by atoms with Crippen molar-refractivity contribution in [2.24, 2.45) is 7.05 Å². The molecule has 1 unspecified atom stereocenters. The molecule has 1 fully saturated rings. The summed E-state index contributed by atoms with van der Waals surface area (Å²) in [5.41, 5.74) is 2.19. The molecule has 2 heterocycles. The number of halogens is 1. The number of aryl methyl sites for hydroxylation is 2. The molecule has 1 atom stereocenters. The number of likely N-dealkylation sites (N-methyl/N-ethyl adjacent to an activating group) is 1. The molecule has 0 aromatic carbocycles. The molecule has 1 aliphatic rings. The van der Waals surface area contributed by atoms with Crippen molar-refractivity contribution in [3.63, 3.8) is 0 Å². The normalized spacial score (nSPS) is 19.7. The Bertz CT molecular complexity index is 502. The first kappa shape index (κ1) is 16.5. The lowest BCUT2D eigenvalue weighted by Crippen LogP contribution is -2.57. The lowest BCUT2D eigenvalue weighted by Gasteiger charge is -2.35. The monoisotopic (exact) mass is 357 g/mol. The van der Waals surface area contributed by atoms with Gasteiger partial charge in [-0.25, -0.2) is 0 Å². The minimum absolute atomic E-state index is 0.0960. The van der Waals surface area contributed by atoms with E-state index in [1.54, 1.807) is 0 Å². The van der Waals surface area contributed by atoms with Gasteiger partial charge in [0.25, 0.3) is 0 Å². The van der Waals surface area contributed by atoms with E-state index in [2.05, 4.69) is 43.5 Å². The third-order valence-electron chi connectivity index (χ3n) is 3.86. The molecule has 6 nitrogen and oxygen atoms in total. The van der Waals surface area contributed by atoms with E-state index in [1.807, 2.05) is 18.7 Å². The van der Waals surface area contributed by atoms with Crippen LogP contribution in [0.4, 0.5) is 0 Å². The highest BCUT2D eigenvalue weighted by Gasteiger charge is 2.29. The highest BCUT2D eigenvalue weighted by Crippen LogP contribution is 2.23. The van der Waals surface area contributed by atoms with Gasteiger partial charge in [0, 0.05) is 39.8 Å². The van der Waals surface area contributed by atoms with Crippen LogP contribution >= 0.6 is 15.9 Å². The number of piperazine rings is 1. The van der Waals surface area contributed by atoms with E-state index < -0.39 is 0 Å². The number of hydrogen-bond acceptors (Lipinski definition) is 4. The van der Waals surface area contributed by atoms with Gasteiger partial charge in [0.2, 0.25) is 5.91 Å². The zero-order chi connectivity index (χ0) is 15.4. The summed E-state index contributed by atoms with van der Waals surface area (Å²) < 4.78 is 2.99. The molecule has 1 aromatic rings. The number of hydrogen-bond donors (Lipinski definition) is 2. The lowest BCUT2D eigenvalue weighted by molar-refractivity contribution is -0.127. The molecule has 2 N–H and O–H groups in total. The molecule has 1 amide bonds. The van der Waals surface area contributed by atoms with Gasteiger partial charge >= 0.3 is 0 Å². The predicted octanol–water partition coefficient (Wildman–Crippen LogP) is 0.655. The van der Waals surface area contributed by atoms with Crippen LogP contribution in [0.3, 0.4) is 0 Å². The van der Waals surface area contributed by atoms with Crippen molar-refractivity contribution in [3.05, 3.63) is 15.9 Å². The van der Waals surface area contributed by atoms with Crippen LogP contribution in [0.25, 0.3) is 0 Å². The number of aromatic nitrogens is 2. The van der Waals surface area contributed by atoms with Crippen LogP contribution < -0.4 is 10.6 Å². The quantitative estimate of drug-likeness (QED) is 0.812. The lowest BCUT2D eigenvalue weighted by atomic mass is 10.1. The van der Waals surface area contributed by atoms with Gasteiger partial charge in [0.05, 0.1) is 15.9 Å². The van der Waals surface area contributed by atoms with Gasteiger partial charge in [-0.15, -0.1) is 0 Å². The summed E-state index contributed by atoms with van der Waals surface area (Å²) in [7, 11) is 1.96. The largest absolute Gasteiger partial charge is 0.355 e. The topological polar surface area (TPSA) is 62.2 Å². The Balaban J connectivity index is 2.16. The predicted molar refractivity (Wildman–Crippen MR) is 86.0 cm³/mol. The van der Waals surface area contributed by atoms with Gasteiger partial charge in [-0.1, -0.05) is 6.92 Å². The maximum Gasteiger partial charge on any atom is 0.238 e. The Labute approximate surface area is 134 Å². The van der Waals surface area contributed by atoms with E-state index in [1.165, 1.54) is 0 Å². The van der Waals surface area contributed by atoms with Crippen molar-refractivity contribution in [1.29, 1.82) is 0 Å². The summed E-state index contributed by atoms with van der Waals surface area (Å²) in [5.74, 6) is 0.0960. The zero-order valence-corrected chi connectivity index (χ0v) is 14.5. The Hall–Kier alpha value is -0.920. The van der Waals surface area contributed by atoms with E-state index in [0.717, 1.165) is 41.9 Å². The summed E-state index contributed by atoms with van der Waals surface area (Å²) in [6, 6.07) is -0.120. The molecular formula is C14H24BrN5O. The molecule has 1 saturated heterocycles. The first-order valence-electron chi connectivity index (χ1n) is 7.51. The molecule has 21 heavy (non-hydrogen) atoms. The number of carbonyl (C=O) groups is 1. The molecule has 0 spiro atoms. The van der Waals surface area contributed by atoms with Gasteiger partial charge in [-0.2, -0.15) is 5.10 Å². The minimum Gasteiger partial charge on any atom is -0.355 e. The SMILES string of the molecule is CCNC(=O)C1CNCCN1Cc1c(Br)c(CC)nn1C. The number of carbonyl (C=O) groups excluding carboxylic acids is 1. The Morgan fingerprint density at radius 3 is 2.90 bits per heavy atom. The average Bonchev–Trinajstić information content (AvgIpc) is 2.75. The van der Waals surface area contributed by atoms with Crippen molar-refractivity contribution in [2.75, 3.05) is 26.2 Å². The van der Waals surface area contributed by atoms with Crippen molar-refractivity contribution >= 4 is 21.8 Å². The molecule has 2 rings (SSSR count). The number of nitrogens with one attached hydrogen (secondary N) is 2. The van der Waals surface area contributed by atoms with Gasteiger partial charge in [-0.05, 0) is 29.3 Å². The van der Waals surface area contributed by atoms with Crippen LogP contribution in [0.5, 0.6) is 0 Å². The summed E-state index contributed by atoms with van der Waals surface area (Å²) >= 11 is 3.65. The van der Waals surface area contributed by atoms with Crippen molar-refractivity contribution < 1.29 is 4.79 Å². The molecule has 7 heteroatoms. The fourth-order valence-electron chi connectivity index (χ4n) is 2.67. The van der Waals surface area contributed by atoms with Crippen molar-refractivity contribution in [1.82, 2.24) is 25.3 Å². The van der Waals surface area contributed by atoms with E-state index in [9.17, 15) is 4.79 Å². The first-order chi connectivity index (χ1) is 10.1. The maximum atomic E-state index is 12.2. The van der Waals surface area contributed by atoms with Gasteiger partial charge < -0.3 is 10.6 Å². The van der Waals surface area contributed by atoms with Gasteiger partial charge in [-0.3, -0.25) is 14.4 Å². The van der Waals surface area contributed by atoms with E-state index >= 15 is 0 Å². The Morgan fingerprint density at radius 2 is 2.29 bits per heavy atom. The molecule has 1 aromatic heterocycles. The third-order valence-corrected chi connectivity index (χ3v) is 4.78. The summed E-state index contributed by atoms with van der Waals surface area (Å²) in [6.07, 6.45) is 0.899. The van der Waals surface area contributed by atoms with Crippen LogP contribution in [-0.4, -0.2) is 52.8 Å². The smallest absolute Gasteiger partial charge is 0.238 e. The van der Waals surface area contributed by atoms with Crippen LogP contribution in [0.1, 0.15) is 25.2 Å². The minimum atomic E-state index is -0.120. The fourth-order valence-corrected chi connectivity index (χ4v) is 3.41. The van der Waals surface area contributed by atoms with Crippen LogP contribution in [-0.2, 0) is 24.8 Å². The van der Waals surface area contributed by atoms with Crippen molar-refractivity contribution in [3.8, 4) is 0 Å². The summed E-state index contributed by atoms with van der Waals surface area (Å²) in [5, 5.41) is 10.7. The number of nitrogens with zero attached hydrogens (tertiary/aromatic N) is 3. The molecule has 0 aliphatic carbocycles. The second kappa shape index (κ2) is 7.38. The highest BCUT2D eigenvalue weighted by atomic mass is 79.9. The fraction of sp³-hybridized carbons (Fsp3) is 0.714. The molecule has 0 saturated carbocycles. The molecule has 118 valence electrons. The van der Waals surface area contributed by atoms with E-state index in [-0.39, 0.29) is 11.9 Å². The second-order valence-electron chi connectivity index (χ2n) is 5.27. The van der Waals surface area contributed by atoms with Crippen molar-refractivity contribution in [2.45, 2.75) is 32.9 Å². The molecule has 1 aliphatic heterocycles. The van der Waals surface area contributed by atoms with E-state index in [4.69, 9.17) is 0 Å². The number of amides is 1. The van der Waals surface area contributed by atoms with Gasteiger partial charge in [0.15, 0.2) is 0 Å². The number of rotatable bonds is 5. The second-order valence-corrected chi connectivity index (χ2v) is 6.06. The van der Waals surface area contributed by atoms with Gasteiger partial charge in [0.1, 0.15) is 6.04 Å². The highest BCUT2D eigenvalue weighted by molar-refractivity contribution is 9.10. The Morgan fingerprint density at radius 1 is 1.52 bits per heavy atom. The van der Waals surface area contributed by atoms with Crippen LogP contribution in [0.2, 0.25) is 0 Å². The standard InChI is InChI=1S/C14H24BrN5O/c1-4-10-13(15)12(19(3)18-10)9-20-7-6-16-8-11(20)14(21)17-5-2/h11,16H,4-9H2,1-3H3,(H,17,21). The Kier molecular flexibility index (Phi) is 5.78. The molecule has 0 radical (unpaired) electrons. The average molecular weight is 358 g/mol. The first-order valence-corrected chi connectivity index (χ1v) is 8.30. The molecule has 0 bridgehead atoms. The zero-order valence-electron chi connectivity index (χ0n) is 12.9. The third kappa shape index (κ3) is 3.64. The summed E-state index contributed by atoms with van der Waals surface area (Å²) in [6.45, 7) is 7.91. The van der Waals surface area contributed by atoms with Crippen LogP contribution in [0, 0.1) is 0 Å². The summed E-state index contributed by atoms with van der Waals surface area (Å²) in [4.78, 5) is 14.4. The molecular weight excluding hydrogens is 334 g/mol. The maximum absolute atomic E-state index is 12.2. The van der Waals surface area contributed by atoms with Crippen LogP contribution in [0.15, 0.2) is 4.47 Å². The van der Waals surface area contributed by atoms with E-state index in [0.29, 0.717) is 13.1 Å².